The summed E-state index contributed by atoms with van der Waals surface area (Å²) in [6, 6.07) is 2.25. The maximum atomic E-state index is 11.4. The normalized spacial score (nSPS) is 13.6. The van der Waals surface area contributed by atoms with Crippen LogP contribution in [0.2, 0.25) is 0 Å². The number of nitrogens with zero attached hydrogens (tertiary/aromatic N) is 1. The molecule has 2 aromatic rings. The molecule has 88 valence electrons. The zero-order valence-electron chi connectivity index (χ0n) is 9.32. The lowest BCUT2D eigenvalue weighted by Crippen LogP contribution is -2.14. The van der Waals surface area contributed by atoms with Gasteiger partial charge in [0.05, 0.1) is 6.54 Å². The van der Waals surface area contributed by atoms with Gasteiger partial charge in [-0.2, -0.15) is 0 Å². The van der Waals surface area contributed by atoms with Crippen molar-refractivity contribution in [2.75, 3.05) is 5.32 Å². The lowest BCUT2D eigenvalue weighted by Gasteiger charge is -2.01. The molecule has 5 heteroatoms. The Morgan fingerprint density at radius 1 is 1.47 bits per heavy atom. The summed E-state index contributed by atoms with van der Waals surface area (Å²) in [4.78, 5) is 20.8. The molecule has 0 spiro atoms. The van der Waals surface area contributed by atoms with Gasteiger partial charge in [0, 0.05) is 22.1 Å². The van der Waals surface area contributed by atoms with Gasteiger partial charge >= 0.3 is 0 Å². The standard InChI is InChI=1S/C12H13N3OS/c16-12-11(13-4-5-14-12)15-7-9-6-8-2-1-3-10(8)17-9/h4-6H,1-3,7H2,(H,13,15)(H,14,16). The third-order valence-corrected chi connectivity index (χ3v) is 4.17. The van der Waals surface area contributed by atoms with E-state index in [2.05, 4.69) is 21.4 Å². The molecule has 0 saturated heterocycles. The number of anilines is 1. The van der Waals surface area contributed by atoms with E-state index < -0.39 is 0 Å². The van der Waals surface area contributed by atoms with Crippen LogP contribution in [0.15, 0.2) is 23.3 Å². The summed E-state index contributed by atoms with van der Waals surface area (Å²) in [5.41, 5.74) is 1.32. The third-order valence-electron chi connectivity index (χ3n) is 2.94. The van der Waals surface area contributed by atoms with Crippen LogP contribution >= 0.6 is 11.3 Å². The molecule has 0 amide bonds. The van der Waals surface area contributed by atoms with E-state index in [1.54, 1.807) is 6.20 Å². The van der Waals surface area contributed by atoms with Crippen molar-refractivity contribution >= 4 is 17.2 Å². The van der Waals surface area contributed by atoms with Crippen LogP contribution < -0.4 is 10.9 Å². The molecule has 0 aliphatic heterocycles. The third kappa shape index (κ3) is 2.10. The van der Waals surface area contributed by atoms with Gasteiger partial charge in [0.25, 0.3) is 5.56 Å². The predicted molar refractivity (Wildman–Crippen MR) is 68.5 cm³/mol. The topological polar surface area (TPSA) is 57.8 Å². The zero-order valence-corrected chi connectivity index (χ0v) is 10.1. The van der Waals surface area contributed by atoms with Crippen molar-refractivity contribution in [2.24, 2.45) is 0 Å². The fourth-order valence-electron chi connectivity index (χ4n) is 2.13. The van der Waals surface area contributed by atoms with Gasteiger partial charge in [0.1, 0.15) is 0 Å². The molecule has 0 bridgehead atoms. The predicted octanol–water partition coefficient (Wildman–Crippen LogP) is 1.93. The van der Waals surface area contributed by atoms with Crippen molar-refractivity contribution in [3.63, 3.8) is 0 Å². The van der Waals surface area contributed by atoms with Crippen LogP contribution in [0, 0.1) is 0 Å². The van der Waals surface area contributed by atoms with Crippen molar-refractivity contribution in [1.82, 2.24) is 9.97 Å². The summed E-state index contributed by atoms with van der Waals surface area (Å²) in [7, 11) is 0. The number of aryl methyl sites for hydroxylation is 2. The Hall–Kier alpha value is -1.62. The largest absolute Gasteiger partial charge is 0.361 e. The van der Waals surface area contributed by atoms with Gasteiger partial charge in [-0.25, -0.2) is 4.98 Å². The van der Waals surface area contributed by atoms with E-state index in [0.29, 0.717) is 12.4 Å². The van der Waals surface area contributed by atoms with Gasteiger partial charge in [-0.05, 0) is 30.9 Å². The number of thiophene rings is 1. The molecule has 0 fully saturated rings. The van der Waals surface area contributed by atoms with Gasteiger partial charge < -0.3 is 10.3 Å². The first kappa shape index (κ1) is 10.5. The highest BCUT2D eigenvalue weighted by Crippen LogP contribution is 2.30. The highest BCUT2D eigenvalue weighted by molar-refractivity contribution is 7.12. The number of rotatable bonds is 3. The summed E-state index contributed by atoms with van der Waals surface area (Å²) in [6.07, 6.45) is 6.82. The van der Waals surface area contributed by atoms with E-state index in [0.717, 1.165) is 0 Å². The molecular weight excluding hydrogens is 234 g/mol. The second-order valence-electron chi connectivity index (χ2n) is 4.14. The Balaban J connectivity index is 1.72. The first-order valence-corrected chi connectivity index (χ1v) is 6.52. The van der Waals surface area contributed by atoms with Crippen LogP contribution in [-0.4, -0.2) is 9.97 Å². The highest BCUT2D eigenvalue weighted by Gasteiger charge is 2.14. The summed E-state index contributed by atoms with van der Waals surface area (Å²) in [6.45, 7) is 0.678. The monoisotopic (exact) mass is 247 g/mol. The fourth-order valence-corrected chi connectivity index (χ4v) is 3.33. The Morgan fingerprint density at radius 2 is 2.41 bits per heavy atom. The average Bonchev–Trinajstić information content (AvgIpc) is 2.88. The van der Waals surface area contributed by atoms with Crippen molar-refractivity contribution < 1.29 is 0 Å². The first-order chi connectivity index (χ1) is 8.33. The van der Waals surface area contributed by atoms with Crippen LogP contribution in [0.5, 0.6) is 0 Å². The van der Waals surface area contributed by atoms with Gasteiger partial charge in [-0.15, -0.1) is 11.3 Å². The second kappa shape index (κ2) is 4.33. The molecule has 3 rings (SSSR count). The summed E-state index contributed by atoms with van der Waals surface area (Å²) in [5, 5.41) is 3.07. The molecule has 17 heavy (non-hydrogen) atoms. The Kier molecular flexibility index (Phi) is 2.68. The average molecular weight is 247 g/mol. The molecule has 4 nitrogen and oxygen atoms in total. The van der Waals surface area contributed by atoms with Gasteiger partial charge in [-0.1, -0.05) is 0 Å². The summed E-state index contributed by atoms with van der Waals surface area (Å²) >= 11 is 1.84. The summed E-state index contributed by atoms with van der Waals surface area (Å²) in [5.74, 6) is 0.390. The molecule has 2 N–H and O–H groups in total. The van der Waals surface area contributed by atoms with E-state index >= 15 is 0 Å². The van der Waals surface area contributed by atoms with E-state index in [1.165, 1.54) is 40.8 Å². The Labute approximate surface area is 103 Å². The molecule has 0 saturated carbocycles. The maximum absolute atomic E-state index is 11.4. The van der Waals surface area contributed by atoms with Gasteiger partial charge in [0.2, 0.25) is 0 Å². The van der Waals surface area contributed by atoms with Crippen LogP contribution in [0.1, 0.15) is 21.7 Å². The number of hydrogen-bond donors (Lipinski definition) is 2. The van der Waals surface area contributed by atoms with E-state index in [4.69, 9.17) is 0 Å². The first-order valence-electron chi connectivity index (χ1n) is 5.71. The SMILES string of the molecule is O=c1[nH]ccnc1NCc1cc2c(s1)CCC2. The fraction of sp³-hybridized carbons (Fsp3) is 0.333. The van der Waals surface area contributed by atoms with Crippen molar-refractivity contribution in [3.05, 3.63) is 44.1 Å². The molecular formula is C12H13N3OS. The minimum atomic E-state index is -0.170. The Morgan fingerprint density at radius 3 is 3.24 bits per heavy atom. The Bertz CT molecular complexity index is 566. The number of hydrogen-bond acceptors (Lipinski definition) is 4. The van der Waals surface area contributed by atoms with Crippen LogP contribution in [-0.2, 0) is 19.4 Å². The maximum Gasteiger partial charge on any atom is 0.290 e. The number of H-pyrrole nitrogens is 1. The van der Waals surface area contributed by atoms with E-state index in [9.17, 15) is 4.79 Å². The van der Waals surface area contributed by atoms with Crippen LogP contribution in [0.3, 0.4) is 0 Å². The molecule has 0 aromatic carbocycles. The number of nitrogens with one attached hydrogen (secondary N) is 2. The second-order valence-corrected chi connectivity index (χ2v) is 5.36. The number of aromatic nitrogens is 2. The van der Waals surface area contributed by atoms with Gasteiger partial charge in [0.15, 0.2) is 5.82 Å². The van der Waals surface area contributed by atoms with E-state index in [-0.39, 0.29) is 5.56 Å². The number of aromatic amines is 1. The van der Waals surface area contributed by atoms with Crippen molar-refractivity contribution in [3.8, 4) is 0 Å². The highest BCUT2D eigenvalue weighted by atomic mass is 32.1. The molecule has 0 radical (unpaired) electrons. The lowest BCUT2D eigenvalue weighted by molar-refractivity contribution is 0.913. The van der Waals surface area contributed by atoms with Gasteiger partial charge in [-0.3, -0.25) is 4.79 Å². The van der Waals surface area contributed by atoms with Crippen molar-refractivity contribution in [2.45, 2.75) is 25.8 Å². The molecule has 1 aliphatic carbocycles. The smallest absolute Gasteiger partial charge is 0.290 e. The number of fused-ring (bicyclic) bond motifs is 1. The van der Waals surface area contributed by atoms with Crippen LogP contribution in [0.4, 0.5) is 5.82 Å². The van der Waals surface area contributed by atoms with Crippen molar-refractivity contribution in [1.29, 1.82) is 0 Å². The molecule has 2 heterocycles. The lowest BCUT2D eigenvalue weighted by atomic mass is 10.2. The minimum Gasteiger partial charge on any atom is -0.361 e. The minimum absolute atomic E-state index is 0.170. The van der Waals surface area contributed by atoms with Crippen LogP contribution in [0.25, 0.3) is 0 Å². The van der Waals surface area contributed by atoms with E-state index in [1.807, 2.05) is 11.3 Å². The molecule has 0 unspecified atom stereocenters. The summed E-state index contributed by atoms with van der Waals surface area (Å²) < 4.78 is 0. The molecule has 2 aromatic heterocycles. The quantitative estimate of drug-likeness (QED) is 0.871. The molecule has 1 aliphatic rings. The zero-order chi connectivity index (χ0) is 11.7. The molecule has 0 atom stereocenters.